The summed E-state index contributed by atoms with van der Waals surface area (Å²) < 4.78 is 0. The lowest BCUT2D eigenvalue weighted by Gasteiger charge is -2.16. The molecule has 0 aliphatic heterocycles. The summed E-state index contributed by atoms with van der Waals surface area (Å²) in [5.41, 5.74) is 0.307. The first-order valence-corrected chi connectivity index (χ1v) is 8.47. The Morgan fingerprint density at radius 3 is 2.10 bits per heavy atom. The van der Waals surface area contributed by atoms with E-state index < -0.39 is 0 Å². The molecule has 0 aliphatic carbocycles. The minimum atomic E-state index is 0.0509. The zero-order valence-electron chi connectivity index (χ0n) is 13.5. The van der Waals surface area contributed by atoms with Crippen molar-refractivity contribution >= 4 is 23.6 Å². The van der Waals surface area contributed by atoms with Gasteiger partial charge in [-0.1, -0.05) is 34.6 Å². The van der Waals surface area contributed by atoms with E-state index in [-0.39, 0.29) is 11.8 Å². The van der Waals surface area contributed by atoms with Crippen molar-refractivity contribution < 1.29 is 9.59 Å². The Morgan fingerprint density at radius 1 is 1.05 bits per heavy atom. The Labute approximate surface area is 127 Å². The molecule has 4 nitrogen and oxygen atoms in total. The number of hydrogen-bond acceptors (Lipinski definition) is 3. The van der Waals surface area contributed by atoms with Crippen LogP contribution in [0, 0.1) is 11.3 Å². The maximum absolute atomic E-state index is 11.6. The number of hydrogen-bond donors (Lipinski definition) is 2. The van der Waals surface area contributed by atoms with Crippen LogP contribution in [0.4, 0.5) is 0 Å². The van der Waals surface area contributed by atoms with Crippen LogP contribution in [0.2, 0.25) is 0 Å². The zero-order valence-corrected chi connectivity index (χ0v) is 14.4. The number of thioether (sulfide) groups is 1. The van der Waals surface area contributed by atoms with Gasteiger partial charge in [0.2, 0.25) is 11.8 Å². The van der Waals surface area contributed by atoms with Gasteiger partial charge in [0.1, 0.15) is 0 Å². The van der Waals surface area contributed by atoms with Crippen LogP contribution in [0.5, 0.6) is 0 Å². The fourth-order valence-electron chi connectivity index (χ4n) is 1.48. The van der Waals surface area contributed by atoms with Crippen LogP contribution >= 0.6 is 11.8 Å². The molecule has 0 spiro atoms. The highest BCUT2D eigenvalue weighted by Crippen LogP contribution is 2.20. The molecule has 20 heavy (non-hydrogen) atoms. The van der Waals surface area contributed by atoms with Gasteiger partial charge in [-0.15, -0.1) is 0 Å². The monoisotopic (exact) mass is 302 g/mol. The molecular formula is C15H30N2O2S. The number of carbonyl (C=O) groups excluding carboxylic acids is 2. The lowest BCUT2D eigenvalue weighted by Crippen LogP contribution is -2.35. The molecule has 0 fully saturated rings. The smallest absolute Gasteiger partial charge is 0.220 e. The second kappa shape index (κ2) is 10.1. The quantitative estimate of drug-likeness (QED) is 0.643. The highest BCUT2D eigenvalue weighted by Gasteiger charge is 2.10. The van der Waals surface area contributed by atoms with E-state index in [1.165, 1.54) is 0 Å². The molecule has 0 aromatic heterocycles. The largest absolute Gasteiger partial charge is 0.354 e. The summed E-state index contributed by atoms with van der Waals surface area (Å²) in [6.45, 7) is 11.6. The van der Waals surface area contributed by atoms with Gasteiger partial charge in [0.05, 0.1) is 0 Å². The Morgan fingerprint density at radius 2 is 1.60 bits per heavy atom. The van der Waals surface area contributed by atoms with Crippen LogP contribution in [0.3, 0.4) is 0 Å². The third-order valence-corrected chi connectivity index (χ3v) is 3.93. The van der Waals surface area contributed by atoms with Crippen LogP contribution < -0.4 is 10.6 Å². The second-order valence-corrected chi connectivity index (χ2v) is 7.77. The van der Waals surface area contributed by atoms with Crippen molar-refractivity contribution in [2.45, 2.75) is 47.5 Å². The summed E-state index contributed by atoms with van der Waals surface area (Å²) in [6.07, 6.45) is 1.08. The summed E-state index contributed by atoms with van der Waals surface area (Å²) in [6, 6.07) is 0. The molecule has 0 aliphatic rings. The second-order valence-electron chi connectivity index (χ2n) is 6.66. The summed E-state index contributed by atoms with van der Waals surface area (Å²) in [5.74, 6) is 2.39. The van der Waals surface area contributed by atoms with Crippen molar-refractivity contribution in [1.82, 2.24) is 10.6 Å². The lowest BCUT2D eigenvalue weighted by atomic mass is 10.0. The molecule has 0 atom stereocenters. The topological polar surface area (TPSA) is 58.2 Å². The molecular weight excluding hydrogens is 272 g/mol. The molecule has 0 aromatic carbocycles. The fourth-order valence-corrected chi connectivity index (χ4v) is 2.56. The highest BCUT2D eigenvalue weighted by molar-refractivity contribution is 7.99. The van der Waals surface area contributed by atoms with Gasteiger partial charge in [0.25, 0.3) is 0 Å². The Bertz CT molecular complexity index is 299. The normalized spacial score (nSPS) is 11.5. The van der Waals surface area contributed by atoms with Gasteiger partial charge in [-0.3, -0.25) is 9.59 Å². The zero-order chi connectivity index (χ0) is 15.6. The molecule has 0 bridgehead atoms. The lowest BCUT2D eigenvalue weighted by molar-refractivity contribution is -0.123. The minimum absolute atomic E-state index is 0.0509. The summed E-state index contributed by atoms with van der Waals surface area (Å²) in [5, 5.41) is 5.62. The van der Waals surface area contributed by atoms with E-state index in [1.54, 1.807) is 0 Å². The molecule has 0 saturated heterocycles. The minimum Gasteiger partial charge on any atom is -0.354 e. The average molecular weight is 302 g/mol. The molecule has 5 heteroatoms. The molecule has 0 saturated carbocycles. The third kappa shape index (κ3) is 13.7. The first-order chi connectivity index (χ1) is 9.20. The van der Waals surface area contributed by atoms with Crippen molar-refractivity contribution in [3.05, 3.63) is 0 Å². The van der Waals surface area contributed by atoms with Crippen molar-refractivity contribution in [1.29, 1.82) is 0 Å². The van der Waals surface area contributed by atoms with E-state index in [0.29, 0.717) is 37.3 Å². The molecule has 0 rings (SSSR count). The van der Waals surface area contributed by atoms with E-state index in [0.717, 1.165) is 11.5 Å². The van der Waals surface area contributed by atoms with Crippen molar-refractivity contribution in [2.75, 3.05) is 24.6 Å². The first kappa shape index (κ1) is 19.3. The van der Waals surface area contributed by atoms with E-state index in [4.69, 9.17) is 0 Å². The Kier molecular flexibility index (Phi) is 9.72. The maximum atomic E-state index is 11.6. The van der Waals surface area contributed by atoms with Gasteiger partial charge in [-0.05, 0) is 17.1 Å². The number of rotatable bonds is 9. The fraction of sp³-hybridized carbons (Fsp3) is 0.867. The molecule has 2 N–H and O–H groups in total. The molecule has 118 valence electrons. The standard InChI is InChI=1S/C15H30N2O2S/c1-12(2)10-14(19)17-8-7-16-13(18)6-9-20-11-15(3,4)5/h12H,6-11H2,1-5H3,(H,16,18)(H,17,19). The Balaban J connectivity index is 3.48. The molecule has 2 amide bonds. The van der Waals surface area contributed by atoms with Crippen LogP contribution in [-0.4, -0.2) is 36.4 Å². The predicted octanol–water partition coefficient (Wildman–Crippen LogP) is 2.43. The summed E-state index contributed by atoms with van der Waals surface area (Å²) in [4.78, 5) is 22.9. The van der Waals surface area contributed by atoms with E-state index >= 15 is 0 Å². The van der Waals surface area contributed by atoms with E-state index in [1.807, 2.05) is 25.6 Å². The first-order valence-electron chi connectivity index (χ1n) is 7.32. The van der Waals surface area contributed by atoms with Crippen molar-refractivity contribution in [3.8, 4) is 0 Å². The molecule has 0 aromatic rings. The van der Waals surface area contributed by atoms with Gasteiger partial charge in [-0.25, -0.2) is 0 Å². The molecule has 0 heterocycles. The number of carbonyl (C=O) groups is 2. The van der Waals surface area contributed by atoms with Crippen LogP contribution in [-0.2, 0) is 9.59 Å². The molecule has 0 radical (unpaired) electrons. The van der Waals surface area contributed by atoms with Crippen LogP contribution in [0.15, 0.2) is 0 Å². The van der Waals surface area contributed by atoms with Gasteiger partial charge in [0.15, 0.2) is 0 Å². The highest BCUT2D eigenvalue weighted by atomic mass is 32.2. The van der Waals surface area contributed by atoms with Crippen molar-refractivity contribution in [3.63, 3.8) is 0 Å². The molecule has 0 unspecified atom stereocenters. The van der Waals surface area contributed by atoms with Gasteiger partial charge in [0, 0.05) is 31.7 Å². The van der Waals surface area contributed by atoms with Crippen molar-refractivity contribution in [2.24, 2.45) is 11.3 Å². The summed E-state index contributed by atoms with van der Waals surface area (Å²) in [7, 11) is 0. The number of amides is 2. The Hall–Kier alpha value is -0.710. The third-order valence-electron chi connectivity index (χ3n) is 2.37. The SMILES string of the molecule is CC(C)CC(=O)NCCNC(=O)CCSCC(C)(C)C. The average Bonchev–Trinajstić information content (AvgIpc) is 2.28. The van der Waals surface area contributed by atoms with Crippen LogP contribution in [0.25, 0.3) is 0 Å². The van der Waals surface area contributed by atoms with Gasteiger partial charge in [-0.2, -0.15) is 11.8 Å². The predicted molar refractivity (Wildman–Crippen MR) is 86.9 cm³/mol. The maximum Gasteiger partial charge on any atom is 0.220 e. The van der Waals surface area contributed by atoms with Gasteiger partial charge >= 0.3 is 0 Å². The number of nitrogens with one attached hydrogen (secondary N) is 2. The van der Waals surface area contributed by atoms with Gasteiger partial charge < -0.3 is 10.6 Å². The summed E-state index contributed by atoms with van der Waals surface area (Å²) >= 11 is 1.81. The van der Waals surface area contributed by atoms with E-state index in [9.17, 15) is 9.59 Å². The van der Waals surface area contributed by atoms with E-state index in [2.05, 4.69) is 31.4 Å². The van der Waals surface area contributed by atoms with Crippen LogP contribution in [0.1, 0.15) is 47.5 Å².